The van der Waals surface area contributed by atoms with E-state index in [1.165, 1.54) is 0 Å². The molecule has 0 N–H and O–H groups in total. The van der Waals surface area contributed by atoms with Gasteiger partial charge in [-0.1, -0.05) is 34.1 Å². The van der Waals surface area contributed by atoms with Crippen molar-refractivity contribution in [2.24, 2.45) is 5.41 Å². The first-order valence-corrected chi connectivity index (χ1v) is 6.91. The first-order valence-electron chi connectivity index (χ1n) is 6.91. The number of rotatable bonds is 10. The third kappa shape index (κ3) is 5.17. The van der Waals surface area contributed by atoms with Crippen LogP contribution in [0, 0.1) is 5.41 Å². The maximum absolute atomic E-state index is 12.1. The van der Waals surface area contributed by atoms with Crippen LogP contribution < -0.4 is 0 Å². The number of ketones is 1. The summed E-state index contributed by atoms with van der Waals surface area (Å²) in [6.07, 6.45) is 3.88. The number of hydrogen-bond donors (Lipinski definition) is 0. The molecule has 0 unspecified atom stereocenters. The predicted molar refractivity (Wildman–Crippen MR) is 69.9 cm³/mol. The maximum Gasteiger partial charge on any atom is 0.349 e. The summed E-state index contributed by atoms with van der Waals surface area (Å²) in [5, 5.41) is 0. The number of hydrogen-bond acceptors (Lipinski definition) is 4. The van der Waals surface area contributed by atoms with Gasteiger partial charge in [-0.05, 0) is 25.7 Å². The van der Waals surface area contributed by atoms with Gasteiger partial charge in [0, 0.05) is 5.41 Å². The number of unbranched alkanes of at least 4 members (excludes halogenated alkanes) is 1. The van der Waals surface area contributed by atoms with E-state index in [4.69, 9.17) is 4.89 Å². The Kier molecular flexibility index (Phi) is 8.63. The highest BCUT2D eigenvalue weighted by Crippen LogP contribution is 2.32. The third-order valence-corrected chi connectivity index (χ3v) is 3.66. The minimum atomic E-state index is -0.587. The topological polar surface area (TPSA) is 52.6 Å². The minimum absolute atomic E-state index is 0.0425. The van der Waals surface area contributed by atoms with Crippen LogP contribution in [0.5, 0.6) is 0 Å². The van der Waals surface area contributed by atoms with Crippen molar-refractivity contribution in [2.45, 2.75) is 66.2 Å². The Morgan fingerprint density at radius 2 is 1.56 bits per heavy atom. The molecular weight excluding hydrogens is 232 g/mol. The molecule has 0 radical (unpaired) electrons. The molecule has 0 saturated heterocycles. The van der Waals surface area contributed by atoms with Crippen LogP contribution in [0.4, 0.5) is 0 Å². The SMILES string of the molecule is CCCCOOC(=O)CC(=O)C(CC)(CC)CC. The van der Waals surface area contributed by atoms with E-state index in [9.17, 15) is 9.59 Å². The molecule has 106 valence electrons. The molecule has 0 aromatic carbocycles. The summed E-state index contributed by atoms with van der Waals surface area (Å²) in [6, 6.07) is 0. The highest BCUT2D eigenvalue weighted by Gasteiger charge is 2.34. The van der Waals surface area contributed by atoms with Gasteiger partial charge in [-0.25, -0.2) is 4.79 Å². The number of carbonyl (C=O) groups excluding carboxylic acids is 2. The lowest BCUT2D eigenvalue weighted by molar-refractivity contribution is -0.272. The van der Waals surface area contributed by atoms with Crippen molar-refractivity contribution >= 4 is 11.8 Å². The normalized spacial score (nSPS) is 11.3. The van der Waals surface area contributed by atoms with Gasteiger partial charge in [0.15, 0.2) is 0 Å². The molecule has 0 aromatic rings. The molecule has 0 atom stereocenters. The molecule has 0 aromatic heterocycles. The van der Waals surface area contributed by atoms with Crippen molar-refractivity contribution in [1.82, 2.24) is 0 Å². The average Bonchev–Trinajstić information content (AvgIpc) is 2.37. The molecule has 0 saturated carbocycles. The van der Waals surface area contributed by atoms with E-state index in [0.29, 0.717) is 6.61 Å². The average molecular weight is 258 g/mol. The first kappa shape index (κ1) is 17.1. The zero-order chi connectivity index (χ0) is 14.0. The van der Waals surface area contributed by atoms with E-state index in [1.54, 1.807) is 0 Å². The molecule has 0 bridgehead atoms. The molecule has 0 aliphatic carbocycles. The fourth-order valence-corrected chi connectivity index (χ4v) is 2.00. The zero-order valence-corrected chi connectivity index (χ0v) is 12.1. The summed E-state index contributed by atoms with van der Waals surface area (Å²) in [5.41, 5.74) is -0.386. The summed E-state index contributed by atoms with van der Waals surface area (Å²) in [5.74, 6) is -0.630. The van der Waals surface area contributed by atoms with Gasteiger partial charge in [-0.3, -0.25) is 9.68 Å². The van der Waals surface area contributed by atoms with E-state index in [-0.39, 0.29) is 17.6 Å². The summed E-state index contributed by atoms with van der Waals surface area (Å²) in [7, 11) is 0. The second-order valence-electron chi connectivity index (χ2n) is 4.57. The monoisotopic (exact) mass is 258 g/mol. The molecule has 0 spiro atoms. The Balaban J connectivity index is 4.17. The van der Waals surface area contributed by atoms with E-state index in [2.05, 4.69) is 4.89 Å². The van der Waals surface area contributed by atoms with Gasteiger partial charge in [-0.15, -0.1) is 0 Å². The van der Waals surface area contributed by atoms with Crippen molar-refractivity contribution in [1.29, 1.82) is 0 Å². The van der Waals surface area contributed by atoms with Crippen LogP contribution in [0.3, 0.4) is 0 Å². The molecular formula is C14H26O4. The Morgan fingerprint density at radius 3 is 2.00 bits per heavy atom. The van der Waals surface area contributed by atoms with Crippen LogP contribution in [-0.4, -0.2) is 18.4 Å². The van der Waals surface area contributed by atoms with E-state index in [0.717, 1.165) is 32.1 Å². The van der Waals surface area contributed by atoms with Gasteiger partial charge < -0.3 is 0 Å². The van der Waals surface area contributed by atoms with E-state index < -0.39 is 5.97 Å². The van der Waals surface area contributed by atoms with Crippen LogP contribution in [0.2, 0.25) is 0 Å². The summed E-state index contributed by atoms with van der Waals surface area (Å²) in [6.45, 7) is 8.35. The summed E-state index contributed by atoms with van der Waals surface area (Å²) < 4.78 is 0. The molecule has 0 rings (SSSR count). The Bertz CT molecular complexity index is 248. The van der Waals surface area contributed by atoms with Gasteiger partial charge in [0.25, 0.3) is 0 Å². The van der Waals surface area contributed by atoms with Crippen LogP contribution in [0.1, 0.15) is 66.2 Å². The maximum atomic E-state index is 12.1. The lowest BCUT2D eigenvalue weighted by atomic mass is 9.75. The molecule has 0 aliphatic rings. The Hall–Kier alpha value is -0.900. The highest BCUT2D eigenvalue weighted by atomic mass is 17.2. The van der Waals surface area contributed by atoms with Crippen molar-refractivity contribution in [2.75, 3.05) is 6.61 Å². The van der Waals surface area contributed by atoms with Crippen LogP contribution in [-0.2, 0) is 19.4 Å². The smallest absolute Gasteiger partial charge is 0.298 e. The van der Waals surface area contributed by atoms with Crippen molar-refractivity contribution in [3.8, 4) is 0 Å². The van der Waals surface area contributed by atoms with Crippen molar-refractivity contribution in [3.05, 3.63) is 0 Å². The molecule has 18 heavy (non-hydrogen) atoms. The highest BCUT2D eigenvalue weighted by molar-refractivity contribution is 5.98. The van der Waals surface area contributed by atoms with Crippen molar-refractivity contribution in [3.63, 3.8) is 0 Å². The van der Waals surface area contributed by atoms with Crippen molar-refractivity contribution < 1.29 is 19.4 Å². The Morgan fingerprint density at radius 1 is 1.00 bits per heavy atom. The molecule has 4 nitrogen and oxygen atoms in total. The second kappa shape index (κ2) is 9.09. The zero-order valence-electron chi connectivity index (χ0n) is 12.1. The quantitative estimate of drug-likeness (QED) is 0.261. The Labute approximate surface area is 110 Å². The van der Waals surface area contributed by atoms with E-state index >= 15 is 0 Å². The molecule has 0 fully saturated rings. The predicted octanol–water partition coefficient (Wildman–Crippen LogP) is 3.44. The molecule has 0 heterocycles. The third-order valence-electron chi connectivity index (χ3n) is 3.66. The lowest BCUT2D eigenvalue weighted by Crippen LogP contribution is -2.31. The number of Topliss-reactive ketones (excluding diaryl/α,β-unsaturated/α-hetero) is 1. The fourth-order valence-electron chi connectivity index (χ4n) is 2.00. The second-order valence-corrected chi connectivity index (χ2v) is 4.57. The van der Waals surface area contributed by atoms with Gasteiger partial charge >= 0.3 is 5.97 Å². The lowest BCUT2D eigenvalue weighted by Gasteiger charge is -2.28. The van der Waals surface area contributed by atoms with Gasteiger partial charge in [-0.2, -0.15) is 4.89 Å². The fraction of sp³-hybridized carbons (Fsp3) is 0.857. The molecule has 0 aliphatic heterocycles. The largest absolute Gasteiger partial charge is 0.349 e. The van der Waals surface area contributed by atoms with E-state index in [1.807, 2.05) is 27.7 Å². The molecule has 0 amide bonds. The summed E-state index contributed by atoms with van der Waals surface area (Å²) in [4.78, 5) is 32.9. The molecule has 4 heteroatoms. The standard InChI is InChI=1S/C14H26O4/c1-5-9-10-17-18-13(16)11-12(15)14(6-2,7-3)8-4/h5-11H2,1-4H3. The van der Waals surface area contributed by atoms with Gasteiger partial charge in [0.05, 0.1) is 6.61 Å². The van der Waals surface area contributed by atoms with Crippen LogP contribution >= 0.6 is 0 Å². The minimum Gasteiger partial charge on any atom is -0.298 e. The number of carbonyl (C=O) groups is 2. The first-order chi connectivity index (χ1) is 8.56. The summed E-state index contributed by atoms with van der Waals surface area (Å²) >= 11 is 0. The van der Waals surface area contributed by atoms with Crippen LogP contribution in [0.25, 0.3) is 0 Å². The van der Waals surface area contributed by atoms with Gasteiger partial charge in [0.1, 0.15) is 12.2 Å². The van der Waals surface area contributed by atoms with Crippen LogP contribution in [0.15, 0.2) is 0 Å². The van der Waals surface area contributed by atoms with Gasteiger partial charge in [0.2, 0.25) is 0 Å².